The summed E-state index contributed by atoms with van der Waals surface area (Å²) in [5.41, 5.74) is 6.05. The van der Waals surface area contributed by atoms with Crippen molar-refractivity contribution >= 4 is 17.7 Å². The monoisotopic (exact) mass is 261 g/mol. The second-order valence-corrected chi connectivity index (χ2v) is 4.06. The van der Waals surface area contributed by atoms with Gasteiger partial charge in [-0.25, -0.2) is 9.79 Å². The topological polar surface area (TPSA) is 93.8 Å². The lowest BCUT2D eigenvalue weighted by Crippen LogP contribution is -2.39. The van der Waals surface area contributed by atoms with Crippen LogP contribution in [0.25, 0.3) is 0 Å². The van der Waals surface area contributed by atoms with Crippen LogP contribution in [-0.4, -0.2) is 30.4 Å². The number of amidine groups is 1. The molecule has 1 heterocycles. The van der Waals surface area contributed by atoms with Crippen LogP contribution in [0.1, 0.15) is 18.5 Å². The van der Waals surface area contributed by atoms with Gasteiger partial charge in [0.2, 0.25) is 0 Å². The molecule has 0 fully saturated rings. The largest absolute Gasteiger partial charge is 0.464 e. The zero-order chi connectivity index (χ0) is 13.8. The summed E-state index contributed by atoms with van der Waals surface area (Å²) in [5, 5.41) is 2.60. The van der Waals surface area contributed by atoms with E-state index in [4.69, 9.17) is 10.5 Å². The quantitative estimate of drug-likeness (QED) is 0.737. The van der Waals surface area contributed by atoms with Gasteiger partial charge in [-0.15, -0.1) is 0 Å². The van der Waals surface area contributed by atoms with Crippen LogP contribution in [0, 0.1) is 0 Å². The Balaban J connectivity index is 2.10. The second kappa shape index (κ2) is 5.51. The molecule has 1 aromatic carbocycles. The van der Waals surface area contributed by atoms with E-state index >= 15 is 0 Å². The third kappa shape index (κ3) is 3.09. The third-order valence-electron chi connectivity index (χ3n) is 2.68. The number of hydrogen-bond acceptors (Lipinski definition) is 5. The van der Waals surface area contributed by atoms with Gasteiger partial charge in [0.05, 0.1) is 6.61 Å². The number of carbonyl (C=O) groups excluding carboxylic acids is 2. The van der Waals surface area contributed by atoms with Gasteiger partial charge in [-0.3, -0.25) is 4.79 Å². The molecule has 1 aliphatic heterocycles. The van der Waals surface area contributed by atoms with E-state index in [1.807, 2.05) is 6.07 Å². The maximum Gasteiger partial charge on any atom is 0.333 e. The lowest BCUT2D eigenvalue weighted by Gasteiger charge is -2.17. The van der Waals surface area contributed by atoms with Crippen LogP contribution in [0.2, 0.25) is 0 Å². The fraction of sp³-hybridized carbons (Fsp3) is 0.308. The highest BCUT2D eigenvalue weighted by molar-refractivity contribution is 6.16. The number of esters is 1. The van der Waals surface area contributed by atoms with Crippen molar-refractivity contribution in [3.05, 3.63) is 35.9 Å². The summed E-state index contributed by atoms with van der Waals surface area (Å²) in [7, 11) is 0. The van der Waals surface area contributed by atoms with Crippen molar-refractivity contribution in [3.8, 4) is 0 Å². The number of nitrogens with two attached hydrogens (primary N) is 1. The number of benzene rings is 1. The fourth-order valence-electron chi connectivity index (χ4n) is 1.68. The molecule has 0 aliphatic carbocycles. The van der Waals surface area contributed by atoms with Crippen LogP contribution in [0.5, 0.6) is 0 Å². The van der Waals surface area contributed by atoms with Gasteiger partial charge in [0, 0.05) is 0 Å². The smallest absolute Gasteiger partial charge is 0.333 e. The average Bonchev–Trinajstić information content (AvgIpc) is 3.14. The SMILES string of the molecule is CCOC(=O)[C@@H](NC(=O)[C@H]1N=C1N)c1ccccc1. The van der Waals surface area contributed by atoms with Crippen molar-refractivity contribution < 1.29 is 14.3 Å². The minimum Gasteiger partial charge on any atom is -0.464 e. The van der Waals surface area contributed by atoms with Crippen LogP contribution in [0.4, 0.5) is 0 Å². The molecule has 1 aromatic rings. The molecule has 0 aromatic heterocycles. The van der Waals surface area contributed by atoms with Crippen molar-refractivity contribution in [3.63, 3.8) is 0 Å². The van der Waals surface area contributed by atoms with E-state index in [1.165, 1.54) is 0 Å². The van der Waals surface area contributed by atoms with Gasteiger partial charge in [0.15, 0.2) is 12.1 Å². The molecule has 100 valence electrons. The number of nitrogens with one attached hydrogen (secondary N) is 1. The first-order chi connectivity index (χ1) is 9.13. The Hall–Kier alpha value is -2.37. The van der Waals surface area contributed by atoms with E-state index < -0.39 is 18.1 Å². The van der Waals surface area contributed by atoms with Crippen LogP contribution >= 0.6 is 0 Å². The molecule has 0 radical (unpaired) electrons. The molecular formula is C13H15N3O3. The Kier molecular flexibility index (Phi) is 3.79. The molecule has 3 N–H and O–H groups in total. The summed E-state index contributed by atoms with van der Waals surface area (Å²) in [6, 6.07) is 7.43. The molecule has 0 bridgehead atoms. The van der Waals surface area contributed by atoms with Crippen molar-refractivity contribution in [2.45, 2.75) is 19.0 Å². The Bertz CT molecular complexity index is 513. The number of amides is 1. The van der Waals surface area contributed by atoms with E-state index in [9.17, 15) is 9.59 Å². The first kappa shape index (κ1) is 13.1. The molecular weight excluding hydrogens is 246 g/mol. The first-order valence-electron chi connectivity index (χ1n) is 5.98. The summed E-state index contributed by atoms with van der Waals surface area (Å²) < 4.78 is 4.96. The van der Waals surface area contributed by atoms with Crippen molar-refractivity contribution in [1.29, 1.82) is 0 Å². The summed E-state index contributed by atoms with van der Waals surface area (Å²) in [6.45, 7) is 1.96. The van der Waals surface area contributed by atoms with E-state index in [0.29, 0.717) is 5.56 Å². The van der Waals surface area contributed by atoms with E-state index in [2.05, 4.69) is 10.3 Å². The van der Waals surface area contributed by atoms with Gasteiger partial charge < -0.3 is 15.8 Å². The molecule has 6 nitrogen and oxygen atoms in total. The molecule has 2 atom stereocenters. The lowest BCUT2D eigenvalue weighted by molar-refractivity contribution is -0.147. The maximum absolute atomic E-state index is 11.9. The molecule has 2 rings (SSSR count). The van der Waals surface area contributed by atoms with Gasteiger partial charge in [-0.05, 0) is 12.5 Å². The third-order valence-corrected chi connectivity index (χ3v) is 2.68. The Labute approximate surface area is 110 Å². The number of carbonyl (C=O) groups is 2. The van der Waals surface area contributed by atoms with Gasteiger partial charge in [-0.1, -0.05) is 30.3 Å². The van der Waals surface area contributed by atoms with Crippen LogP contribution in [0.15, 0.2) is 35.3 Å². The van der Waals surface area contributed by atoms with Crippen molar-refractivity contribution in [2.75, 3.05) is 6.61 Å². The van der Waals surface area contributed by atoms with Gasteiger partial charge in [-0.2, -0.15) is 0 Å². The maximum atomic E-state index is 11.9. The zero-order valence-corrected chi connectivity index (χ0v) is 10.5. The van der Waals surface area contributed by atoms with Crippen molar-refractivity contribution in [1.82, 2.24) is 5.32 Å². The first-order valence-corrected chi connectivity index (χ1v) is 5.98. The Morgan fingerprint density at radius 2 is 2.05 bits per heavy atom. The molecule has 0 spiro atoms. The summed E-state index contributed by atoms with van der Waals surface area (Å²) >= 11 is 0. The fourth-order valence-corrected chi connectivity index (χ4v) is 1.68. The normalized spacial score (nSPS) is 18.2. The van der Waals surface area contributed by atoms with E-state index in [0.717, 1.165) is 0 Å². The average molecular weight is 261 g/mol. The minimum absolute atomic E-state index is 0.250. The molecule has 0 saturated heterocycles. The molecule has 0 saturated carbocycles. The zero-order valence-electron chi connectivity index (χ0n) is 10.5. The standard InChI is InChI=1S/C13H15N3O3/c1-2-19-13(18)9(8-6-4-3-5-7-8)16-12(17)10-11(14)15-10/h3-7,9-10H,2H2,1H3,(H2,14,15)(H,16,17)/t9-,10-/m0/s1. The van der Waals surface area contributed by atoms with Gasteiger partial charge >= 0.3 is 5.97 Å². The lowest BCUT2D eigenvalue weighted by atomic mass is 10.1. The minimum atomic E-state index is -0.836. The summed E-state index contributed by atoms with van der Waals surface area (Å²) in [5.74, 6) is -0.603. The molecule has 6 heteroatoms. The number of ether oxygens (including phenoxy) is 1. The van der Waals surface area contributed by atoms with Gasteiger partial charge in [0.25, 0.3) is 5.91 Å². The second-order valence-electron chi connectivity index (χ2n) is 4.06. The van der Waals surface area contributed by atoms with E-state index in [1.54, 1.807) is 31.2 Å². The van der Waals surface area contributed by atoms with Crippen LogP contribution in [0.3, 0.4) is 0 Å². The van der Waals surface area contributed by atoms with Crippen LogP contribution < -0.4 is 11.1 Å². The number of aliphatic imine (C=N–C) groups is 1. The molecule has 1 amide bonds. The van der Waals surface area contributed by atoms with Gasteiger partial charge in [0.1, 0.15) is 5.84 Å². The molecule has 0 unspecified atom stereocenters. The number of hydrogen-bond donors (Lipinski definition) is 2. The summed E-state index contributed by atoms with van der Waals surface area (Å²) in [6.07, 6.45) is 0. The molecule has 1 aliphatic rings. The highest BCUT2D eigenvalue weighted by atomic mass is 16.5. The van der Waals surface area contributed by atoms with E-state index in [-0.39, 0.29) is 18.3 Å². The van der Waals surface area contributed by atoms with Crippen molar-refractivity contribution in [2.24, 2.45) is 10.7 Å². The Morgan fingerprint density at radius 3 is 2.58 bits per heavy atom. The highest BCUT2D eigenvalue weighted by Crippen LogP contribution is 2.16. The molecule has 19 heavy (non-hydrogen) atoms. The predicted octanol–water partition coefficient (Wildman–Crippen LogP) is 0.146. The Morgan fingerprint density at radius 1 is 1.42 bits per heavy atom. The predicted molar refractivity (Wildman–Crippen MR) is 69.4 cm³/mol. The van der Waals surface area contributed by atoms with Crippen LogP contribution in [-0.2, 0) is 14.3 Å². The number of nitrogens with zero attached hydrogens (tertiary/aromatic N) is 1. The highest BCUT2D eigenvalue weighted by Gasteiger charge is 2.35. The number of rotatable bonds is 5. The summed E-state index contributed by atoms with van der Waals surface area (Å²) in [4.78, 5) is 27.4.